The van der Waals surface area contributed by atoms with E-state index in [1.165, 1.54) is 0 Å². The number of carbonyl (C=O) groups is 1. The van der Waals surface area contributed by atoms with Gasteiger partial charge < -0.3 is 14.4 Å². The van der Waals surface area contributed by atoms with Crippen LogP contribution < -0.4 is 9.47 Å². The number of likely N-dealkylation sites (tertiary alicyclic amines) is 1. The van der Waals surface area contributed by atoms with E-state index in [0.717, 1.165) is 73.1 Å². The van der Waals surface area contributed by atoms with Crippen molar-refractivity contribution in [2.24, 2.45) is 0 Å². The summed E-state index contributed by atoms with van der Waals surface area (Å²) in [7, 11) is 1.66. The Morgan fingerprint density at radius 3 is 2.53 bits per heavy atom. The van der Waals surface area contributed by atoms with Crippen molar-refractivity contribution < 1.29 is 14.3 Å². The lowest BCUT2D eigenvalue weighted by Crippen LogP contribution is -2.50. The van der Waals surface area contributed by atoms with E-state index in [1.807, 2.05) is 47.4 Å². The summed E-state index contributed by atoms with van der Waals surface area (Å²) in [5, 5.41) is 1.40. The quantitative estimate of drug-likeness (QED) is 0.470. The topological polar surface area (TPSA) is 51.7 Å². The van der Waals surface area contributed by atoms with Crippen LogP contribution in [-0.2, 0) is 10.2 Å². The van der Waals surface area contributed by atoms with Crippen molar-refractivity contribution in [2.45, 2.75) is 50.0 Å². The van der Waals surface area contributed by atoms with Crippen molar-refractivity contribution in [3.8, 4) is 10.9 Å². The highest BCUT2D eigenvalue weighted by Gasteiger charge is 2.45. The highest BCUT2D eigenvalue weighted by Crippen LogP contribution is 2.43. The molecular weight excluding hydrogens is 444 g/mol. The summed E-state index contributed by atoms with van der Waals surface area (Å²) in [5.41, 5.74) is 1.60. The van der Waals surface area contributed by atoms with Gasteiger partial charge in [0.15, 0.2) is 0 Å². The molecule has 1 aliphatic heterocycles. The molecule has 1 aliphatic carbocycles. The van der Waals surface area contributed by atoms with Crippen molar-refractivity contribution in [3.05, 3.63) is 53.1 Å². The third-order valence-corrected chi connectivity index (χ3v) is 8.01. The zero-order valence-electron chi connectivity index (χ0n) is 18.2. The van der Waals surface area contributed by atoms with Crippen LogP contribution in [0.5, 0.6) is 10.9 Å². The van der Waals surface area contributed by atoms with Gasteiger partial charge in [-0.2, -0.15) is 0 Å². The third kappa shape index (κ3) is 4.06. The number of benzene rings is 2. The highest BCUT2D eigenvalue weighted by molar-refractivity contribution is 7.20. The molecule has 2 heterocycles. The maximum atomic E-state index is 13.7. The van der Waals surface area contributed by atoms with E-state index in [2.05, 4.69) is 4.98 Å². The smallest absolute Gasteiger partial charge is 0.274 e. The molecule has 0 atom stereocenters. The van der Waals surface area contributed by atoms with Crippen molar-refractivity contribution in [1.29, 1.82) is 0 Å². The monoisotopic (exact) mass is 470 g/mol. The third-order valence-electron chi connectivity index (χ3n) is 6.84. The molecule has 1 amide bonds. The number of amides is 1. The minimum atomic E-state index is -0.398. The Morgan fingerprint density at radius 2 is 1.84 bits per heavy atom. The number of hydrogen-bond donors (Lipinski definition) is 0. The predicted molar refractivity (Wildman–Crippen MR) is 128 cm³/mol. The van der Waals surface area contributed by atoms with Gasteiger partial charge in [-0.1, -0.05) is 47.9 Å². The summed E-state index contributed by atoms with van der Waals surface area (Å²) in [5.74, 6) is 1.06. The van der Waals surface area contributed by atoms with Crippen LogP contribution in [-0.4, -0.2) is 42.1 Å². The number of aromatic nitrogens is 1. The van der Waals surface area contributed by atoms with Gasteiger partial charge in [0.2, 0.25) is 5.91 Å². The number of ether oxygens (including phenoxy) is 2. The largest absolute Gasteiger partial charge is 0.497 e. The summed E-state index contributed by atoms with van der Waals surface area (Å²) in [6, 6.07) is 13.7. The second kappa shape index (κ2) is 8.91. The molecule has 32 heavy (non-hydrogen) atoms. The van der Waals surface area contributed by atoms with Crippen LogP contribution in [0.2, 0.25) is 5.02 Å². The molecule has 0 N–H and O–H groups in total. The lowest BCUT2D eigenvalue weighted by atomic mass is 9.77. The summed E-state index contributed by atoms with van der Waals surface area (Å²) in [6.45, 7) is 1.44. The number of halogens is 1. The van der Waals surface area contributed by atoms with Crippen LogP contribution >= 0.6 is 22.9 Å². The molecular formula is C25H27ClN2O3S. The number of piperidine rings is 1. The van der Waals surface area contributed by atoms with Crippen LogP contribution in [0.3, 0.4) is 0 Å². The lowest BCUT2D eigenvalue weighted by molar-refractivity contribution is -0.139. The summed E-state index contributed by atoms with van der Waals surface area (Å²) < 4.78 is 12.6. The van der Waals surface area contributed by atoms with Gasteiger partial charge in [-0.05, 0) is 42.7 Å². The molecule has 5 nitrogen and oxygen atoms in total. The molecule has 0 unspecified atom stereocenters. The number of rotatable bonds is 5. The minimum Gasteiger partial charge on any atom is -0.497 e. The Balaban J connectivity index is 1.25. The standard InChI is InChI=1S/C25H27ClN2O3S/c1-30-20-8-9-22-21(16-20)27-24(32-22)31-19-10-14-28(15-11-19)23(29)25(12-2-3-13-25)17-4-6-18(26)7-5-17/h4-9,16,19H,2-3,10-15H2,1H3. The molecule has 7 heteroatoms. The van der Waals surface area contributed by atoms with Gasteiger partial charge in [0, 0.05) is 37.0 Å². The van der Waals surface area contributed by atoms with Gasteiger partial charge in [-0.25, -0.2) is 4.98 Å². The van der Waals surface area contributed by atoms with Crippen molar-refractivity contribution in [3.63, 3.8) is 0 Å². The normalized spacial score (nSPS) is 18.8. The SMILES string of the molecule is COc1ccc2sc(OC3CCN(C(=O)C4(c5ccc(Cl)cc5)CCCC4)CC3)nc2c1. The van der Waals surface area contributed by atoms with Crippen LogP contribution in [0.4, 0.5) is 0 Å². The molecule has 1 saturated heterocycles. The average molecular weight is 471 g/mol. The van der Waals surface area contributed by atoms with Crippen molar-refractivity contribution in [1.82, 2.24) is 9.88 Å². The molecule has 3 aromatic rings. The van der Waals surface area contributed by atoms with E-state index in [1.54, 1.807) is 18.4 Å². The predicted octanol–water partition coefficient (Wildman–Crippen LogP) is 5.84. The zero-order valence-corrected chi connectivity index (χ0v) is 19.8. The number of carbonyl (C=O) groups excluding carboxylic acids is 1. The minimum absolute atomic E-state index is 0.0802. The van der Waals surface area contributed by atoms with Crippen LogP contribution in [0.1, 0.15) is 44.1 Å². The van der Waals surface area contributed by atoms with Gasteiger partial charge in [-0.15, -0.1) is 0 Å². The fourth-order valence-corrected chi connectivity index (χ4v) is 6.05. The van der Waals surface area contributed by atoms with E-state index < -0.39 is 5.41 Å². The van der Waals surface area contributed by atoms with E-state index in [0.29, 0.717) is 10.2 Å². The second-order valence-electron chi connectivity index (χ2n) is 8.72. The van der Waals surface area contributed by atoms with Gasteiger partial charge in [-0.3, -0.25) is 4.79 Å². The fraction of sp³-hybridized carbons (Fsp3) is 0.440. The first-order valence-corrected chi connectivity index (χ1v) is 12.4. The van der Waals surface area contributed by atoms with Crippen molar-refractivity contribution in [2.75, 3.05) is 20.2 Å². The first-order valence-electron chi connectivity index (χ1n) is 11.2. The summed E-state index contributed by atoms with van der Waals surface area (Å²) >= 11 is 7.65. The van der Waals surface area contributed by atoms with E-state index >= 15 is 0 Å². The van der Waals surface area contributed by atoms with E-state index in [-0.39, 0.29) is 12.0 Å². The van der Waals surface area contributed by atoms with E-state index in [4.69, 9.17) is 21.1 Å². The molecule has 168 valence electrons. The fourth-order valence-electron chi connectivity index (χ4n) is 5.06. The Labute approximate surface area is 197 Å². The maximum Gasteiger partial charge on any atom is 0.274 e. The molecule has 2 aromatic carbocycles. The second-order valence-corrected chi connectivity index (χ2v) is 10.1. The molecule has 2 fully saturated rings. The Morgan fingerprint density at radius 1 is 1.12 bits per heavy atom. The number of hydrogen-bond acceptors (Lipinski definition) is 5. The summed E-state index contributed by atoms with van der Waals surface area (Å²) in [6.07, 6.45) is 5.74. The zero-order chi connectivity index (χ0) is 22.1. The van der Waals surface area contributed by atoms with E-state index in [9.17, 15) is 4.79 Å². The van der Waals surface area contributed by atoms with Gasteiger partial charge in [0.25, 0.3) is 5.19 Å². The van der Waals surface area contributed by atoms with Crippen molar-refractivity contribution >= 4 is 39.1 Å². The molecule has 0 spiro atoms. The molecule has 0 bridgehead atoms. The van der Waals surface area contributed by atoms with Gasteiger partial charge in [0.05, 0.1) is 22.7 Å². The Bertz CT molecular complexity index is 1100. The Hall–Kier alpha value is -2.31. The molecule has 5 rings (SSSR count). The van der Waals surface area contributed by atoms with Crippen LogP contribution in [0, 0.1) is 0 Å². The van der Waals surface area contributed by atoms with Gasteiger partial charge in [0.1, 0.15) is 11.9 Å². The highest BCUT2D eigenvalue weighted by atomic mass is 35.5. The number of fused-ring (bicyclic) bond motifs is 1. The number of methoxy groups -OCH3 is 1. The molecule has 1 saturated carbocycles. The first-order chi connectivity index (χ1) is 15.6. The Kier molecular flexibility index (Phi) is 5.99. The van der Waals surface area contributed by atoms with Gasteiger partial charge >= 0.3 is 0 Å². The van der Waals surface area contributed by atoms with Crippen LogP contribution in [0.15, 0.2) is 42.5 Å². The number of nitrogens with zero attached hydrogens (tertiary/aromatic N) is 2. The van der Waals surface area contributed by atoms with Crippen LogP contribution in [0.25, 0.3) is 10.2 Å². The average Bonchev–Trinajstić information content (AvgIpc) is 3.46. The lowest BCUT2D eigenvalue weighted by Gasteiger charge is -2.38. The maximum absolute atomic E-state index is 13.7. The first kappa shape index (κ1) is 21.5. The summed E-state index contributed by atoms with van der Waals surface area (Å²) in [4.78, 5) is 20.3. The number of thiazole rings is 1. The molecule has 2 aliphatic rings. The molecule has 1 aromatic heterocycles. The molecule has 0 radical (unpaired) electrons.